The van der Waals surface area contributed by atoms with E-state index in [1.54, 1.807) is 44.3 Å². The number of nitrogens with zero attached hydrogens (tertiary/aromatic N) is 3. The Hall–Kier alpha value is -4.34. The topological polar surface area (TPSA) is 123 Å². The molecule has 2 N–H and O–H groups in total. The highest BCUT2D eigenvalue weighted by Gasteiger charge is 2.28. The average molecular weight is 549 g/mol. The summed E-state index contributed by atoms with van der Waals surface area (Å²) in [7, 11) is 0. The van der Waals surface area contributed by atoms with Gasteiger partial charge in [-0.3, -0.25) is 14.6 Å². The Morgan fingerprint density at radius 2 is 1.82 bits per heavy atom. The molecule has 0 unspecified atom stereocenters. The van der Waals surface area contributed by atoms with E-state index in [1.807, 2.05) is 31.2 Å². The Kier molecular flexibility index (Phi) is 9.42. The molecule has 1 aliphatic rings. The number of carbonyl (C=O) groups is 2. The molecule has 0 bridgehead atoms. The third-order valence-electron chi connectivity index (χ3n) is 6.50. The summed E-state index contributed by atoms with van der Waals surface area (Å²) < 4.78 is 17.6. The second-order valence-electron chi connectivity index (χ2n) is 10.3. The lowest BCUT2D eigenvalue weighted by Crippen LogP contribution is -2.41. The van der Waals surface area contributed by atoms with Gasteiger partial charge in [-0.25, -0.2) is 4.98 Å². The Morgan fingerprint density at radius 1 is 1.07 bits per heavy atom. The molecule has 1 amide bonds. The molecule has 2 heterocycles. The zero-order chi connectivity index (χ0) is 28.5. The molecule has 1 aromatic heterocycles. The van der Waals surface area contributed by atoms with Crippen LogP contribution < -0.4 is 24.4 Å². The lowest BCUT2D eigenvalue weighted by molar-refractivity contribution is -0.148. The molecule has 40 heavy (non-hydrogen) atoms. The van der Waals surface area contributed by atoms with Crippen LogP contribution in [0.15, 0.2) is 60.9 Å². The van der Waals surface area contributed by atoms with Crippen LogP contribution >= 0.6 is 0 Å². The van der Waals surface area contributed by atoms with E-state index in [0.717, 1.165) is 36.4 Å². The number of carboxylic acid groups (broad SMARTS) is 1. The number of carboxylic acids is 1. The van der Waals surface area contributed by atoms with Crippen LogP contribution in [-0.2, 0) is 16.0 Å². The summed E-state index contributed by atoms with van der Waals surface area (Å²) in [6.07, 6.45) is 5.19. The van der Waals surface area contributed by atoms with E-state index in [9.17, 15) is 14.7 Å². The maximum atomic E-state index is 12.7. The number of para-hydroxylation sites is 2. The van der Waals surface area contributed by atoms with E-state index in [2.05, 4.69) is 20.2 Å². The van der Waals surface area contributed by atoms with Gasteiger partial charge in [-0.2, -0.15) is 0 Å². The molecular weight excluding hydrogens is 512 g/mol. The molecule has 1 aliphatic heterocycles. The van der Waals surface area contributed by atoms with Crippen LogP contribution in [0.1, 0.15) is 39.2 Å². The monoisotopic (exact) mass is 548 g/mol. The standard InChI is InChI=1S/C30H36N4O6/c1-4-38-24-9-5-6-10-25(24)40-23-8-7-15-34(19-23)27-18-31-17-26(32-27)33-28(35)16-21-11-13-22(14-12-21)39-20-30(2,3)29(36)37/h5-6,9-14,17-18,23H,4,7-8,15-16,19-20H2,1-3H3,(H,36,37)(H,32,33,35)/t23-/m1/s1. The lowest BCUT2D eigenvalue weighted by Gasteiger charge is -2.33. The highest BCUT2D eigenvalue weighted by molar-refractivity contribution is 5.91. The smallest absolute Gasteiger partial charge is 0.312 e. The van der Waals surface area contributed by atoms with Gasteiger partial charge in [0.2, 0.25) is 5.91 Å². The quantitative estimate of drug-likeness (QED) is 0.334. The molecule has 1 atom stereocenters. The molecule has 1 saturated heterocycles. The third-order valence-corrected chi connectivity index (χ3v) is 6.50. The van der Waals surface area contributed by atoms with Crippen molar-refractivity contribution in [3.05, 3.63) is 66.5 Å². The molecular formula is C30H36N4O6. The van der Waals surface area contributed by atoms with Gasteiger partial charge in [-0.05, 0) is 63.4 Å². The molecule has 0 radical (unpaired) electrons. The first kappa shape index (κ1) is 28.7. The largest absolute Gasteiger partial charge is 0.492 e. The van der Waals surface area contributed by atoms with Crippen molar-refractivity contribution in [1.82, 2.24) is 9.97 Å². The first-order valence-corrected chi connectivity index (χ1v) is 13.4. The second kappa shape index (κ2) is 13.1. The third kappa shape index (κ3) is 7.84. The molecule has 212 valence electrons. The Bertz CT molecular complexity index is 1300. The predicted molar refractivity (Wildman–Crippen MR) is 151 cm³/mol. The minimum atomic E-state index is -0.995. The van der Waals surface area contributed by atoms with E-state index in [-0.39, 0.29) is 25.0 Å². The van der Waals surface area contributed by atoms with Crippen LogP contribution in [0.2, 0.25) is 0 Å². The van der Waals surface area contributed by atoms with Crippen LogP contribution in [0.25, 0.3) is 0 Å². The van der Waals surface area contributed by atoms with Gasteiger partial charge in [0.05, 0.1) is 37.4 Å². The Balaban J connectivity index is 1.31. The zero-order valence-electron chi connectivity index (χ0n) is 23.1. The van der Waals surface area contributed by atoms with Gasteiger partial charge in [-0.1, -0.05) is 24.3 Å². The van der Waals surface area contributed by atoms with Crippen molar-refractivity contribution in [2.75, 3.05) is 36.5 Å². The lowest BCUT2D eigenvalue weighted by atomic mass is 9.95. The summed E-state index contributed by atoms with van der Waals surface area (Å²) in [6, 6.07) is 14.7. The summed E-state index contributed by atoms with van der Waals surface area (Å²) in [5.41, 5.74) is -0.208. The van der Waals surface area contributed by atoms with Crippen molar-refractivity contribution < 1.29 is 28.9 Å². The summed E-state index contributed by atoms with van der Waals surface area (Å²) >= 11 is 0. The van der Waals surface area contributed by atoms with Crippen LogP contribution in [0.5, 0.6) is 17.2 Å². The van der Waals surface area contributed by atoms with E-state index in [4.69, 9.17) is 14.2 Å². The van der Waals surface area contributed by atoms with Gasteiger partial charge in [0.15, 0.2) is 17.3 Å². The number of rotatable bonds is 12. The molecule has 0 aliphatic carbocycles. The van der Waals surface area contributed by atoms with Gasteiger partial charge in [0.1, 0.15) is 24.3 Å². The predicted octanol–water partition coefficient (Wildman–Crippen LogP) is 4.59. The first-order chi connectivity index (χ1) is 19.2. The number of hydrogen-bond acceptors (Lipinski definition) is 8. The van der Waals surface area contributed by atoms with Crippen LogP contribution in [0.3, 0.4) is 0 Å². The van der Waals surface area contributed by atoms with E-state index in [0.29, 0.717) is 30.5 Å². The van der Waals surface area contributed by atoms with Crippen molar-refractivity contribution in [3.63, 3.8) is 0 Å². The number of anilines is 2. The normalized spacial score (nSPS) is 15.3. The van der Waals surface area contributed by atoms with Crippen molar-refractivity contribution in [3.8, 4) is 17.2 Å². The summed E-state index contributed by atoms with van der Waals surface area (Å²) in [6.45, 7) is 7.22. The molecule has 4 rings (SSSR count). The molecule has 10 heteroatoms. The SMILES string of the molecule is CCOc1ccccc1O[C@@H]1CCCN(c2cncc(NC(=O)Cc3ccc(OCC(C)(C)C(=O)O)cc3)n2)C1. The number of benzene rings is 2. The number of ether oxygens (including phenoxy) is 3. The molecule has 0 saturated carbocycles. The van der Waals surface area contributed by atoms with E-state index >= 15 is 0 Å². The fourth-order valence-corrected chi connectivity index (χ4v) is 4.21. The fraction of sp³-hybridized carbons (Fsp3) is 0.400. The van der Waals surface area contributed by atoms with Crippen LogP contribution in [-0.4, -0.2) is 59.4 Å². The number of aliphatic carboxylic acids is 1. The molecule has 10 nitrogen and oxygen atoms in total. The highest BCUT2D eigenvalue weighted by atomic mass is 16.5. The minimum Gasteiger partial charge on any atom is -0.492 e. The number of nitrogens with one attached hydrogen (secondary N) is 1. The number of amides is 1. The molecule has 3 aromatic rings. The maximum Gasteiger partial charge on any atom is 0.312 e. The highest BCUT2D eigenvalue weighted by Crippen LogP contribution is 2.30. The number of hydrogen-bond donors (Lipinski definition) is 2. The van der Waals surface area contributed by atoms with Gasteiger partial charge < -0.3 is 29.5 Å². The maximum absolute atomic E-state index is 12.7. The van der Waals surface area contributed by atoms with Gasteiger partial charge in [0, 0.05) is 6.54 Å². The van der Waals surface area contributed by atoms with Crippen LogP contribution in [0, 0.1) is 5.41 Å². The average Bonchev–Trinajstić information content (AvgIpc) is 2.94. The van der Waals surface area contributed by atoms with E-state index < -0.39 is 11.4 Å². The summed E-state index contributed by atoms with van der Waals surface area (Å²) in [5, 5.41) is 12.1. The summed E-state index contributed by atoms with van der Waals surface area (Å²) in [5.74, 6) is 1.91. The number of aromatic nitrogens is 2. The number of piperidine rings is 1. The summed E-state index contributed by atoms with van der Waals surface area (Å²) in [4.78, 5) is 35.0. The second-order valence-corrected chi connectivity index (χ2v) is 10.3. The van der Waals surface area contributed by atoms with Gasteiger partial charge in [0.25, 0.3) is 0 Å². The van der Waals surface area contributed by atoms with E-state index in [1.165, 1.54) is 6.20 Å². The van der Waals surface area contributed by atoms with Crippen LogP contribution in [0.4, 0.5) is 11.6 Å². The fourth-order valence-electron chi connectivity index (χ4n) is 4.21. The van der Waals surface area contributed by atoms with Crippen molar-refractivity contribution in [2.45, 2.75) is 46.1 Å². The first-order valence-electron chi connectivity index (χ1n) is 13.4. The van der Waals surface area contributed by atoms with Gasteiger partial charge >= 0.3 is 5.97 Å². The minimum absolute atomic E-state index is 0.0300. The molecule has 2 aromatic carbocycles. The molecule has 1 fully saturated rings. The van der Waals surface area contributed by atoms with Gasteiger partial charge in [-0.15, -0.1) is 0 Å². The Labute approximate surface area is 234 Å². The van der Waals surface area contributed by atoms with Crippen molar-refractivity contribution in [2.24, 2.45) is 5.41 Å². The van der Waals surface area contributed by atoms with Crippen molar-refractivity contribution >= 4 is 23.5 Å². The molecule has 0 spiro atoms. The van der Waals surface area contributed by atoms with Crippen molar-refractivity contribution in [1.29, 1.82) is 0 Å². The number of carbonyl (C=O) groups excluding carboxylic acids is 1. The zero-order valence-corrected chi connectivity index (χ0v) is 23.1. The Morgan fingerprint density at radius 3 is 2.55 bits per heavy atom.